The molecule has 0 spiro atoms. The average molecular weight is 383 g/mol. The van der Waals surface area contributed by atoms with Crippen LogP contribution < -0.4 is 0 Å². The lowest BCUT2D eigenvalue weighted by Crippen LogP contribution is -2.55. The van der Waals surface area contributed by atoms with Crippen molar-refractivity contribution in [1.82, 2.24) is 9.55 Å². The first-order chi connectivity index (χ1) is 11.9. The van der Waals surface area contributed by atoms with Crippen molar-refractivity contribution in [2.24, 2.45) is 5.41 Å². The fourth-order valence-electron chi connectivity index (χ4n) is 2.85. The van der Waals surface area contributed by atoms with Crippen molar-refractivity contribution in [1.29, 1.82) is 0 Å². The van der Waals surface area contributed by atoms with Crippen LogP contribution in [0.25, 0.3) is 6.08 Å². The van der Waals surface area contributed by atoms with Crippen molar-refractivity contribution in [3.05, 3.63) is 58.6 Å². The summed E-state index contributed by atoms with van der Waals surface area (Å²) in [7, 11) is 0. The van der Waals surface area contributed by atoms with Gasteiger partial charge >= 0.3 is 0 Å². The van der Waals surface area contributed by atoms with E-state index >= 15 is 0 Å². The summed E-state index contributed by atoms with van der Waals surface area (Å²) in [6.45, 7) is 3.27. The highest BCUT2D eigenvalue weighted by Crippen LogP contribution is 2.38. The van der Waals surface area contributed by atoms with E-state index in [0.717, 1.165) is 5.56 Å². The van der Waals surface area contributed by atoms with Crippen LogP contribution in [0.4, 0.5) is 0 Å². The fraction of sp³-hybridized carbons (Fsp3) is 0.389. The van der Waals surface area contributed by atoms with Crippen molar-refractivity contribution in [2.45, 2.75) is 19.1 Å². The minimum atomic E-state index is -1.23. The second-order valence-corrected chi connectivity index (χ2v) is 7.38. The molecular weight excluding hydrogens is 363 g/mol. The Morgan fingerprint density at radius 2 is 2.12 bits per heavy atom. The van der Waals surface area contributed by atoms with Crippen LogP contribution in [0.1, 0.15) is 12.5 Å². The number of nitrogens with zero attached hydrogens (tertiary/aromatic N) is 2. The Bertz CT molecular complexity index is 743. The molecule has 1 N–H and O–H groups in total. The Morgan fingerprint density at radius 1 is 1.36 bits per heavy atom. The largest absolute Gasteiger partial charge is 0.383 e. The van der Waals surface area contributed by atoms with Crippen LogP contribution >= 0.6 is 23.2 Å². The predicted molar refractivity (Wildman–Crippen MR) is 97.6 cm³/mol. The molecule has 0 aliphatic carbocycles. The number of benzene rings is 1. The van der Waals surface area contributed by atoms with Crippen molar-refractivity contribution < 1.29 is 14.6 Å². The standard InChI is InChI=1S/C18H20Cl2N2O3/c1-17(10-24-13-25-11-17)18(23,9-22-7-6-21-12-22)5-4-14-2-3-15(19)8-16(14)20/h2-8,12,23H,9-11,13H2,1H3. The second kappa shape index (κ2) is 7.48. The molecule has 7 heteroatoms. The first kappa shape index (κ1) is 18.4. The molecule has 5 nitrogen and oxygen atoms in total. The van der Waals surface area contributed by atoms with Crippen molar-refractivity contribution in [2.75, 3.05) is 20.0 Å². The topological polar surface area (TPSA) is 56.5 Å². The van der Waals surface area contributed by atoms with Gasteiger partial charge in [0.25, 0.3) is 0 Å². The molecule has 25 heavy (non-hydrogen) atoms. The van der Waals surface area contributed by atoms with Crippen LogP contribution in [0, 0.1) is 5.41 Å². The maximum atomic E-state index is 11.5. The van der Waals surface area contributed by atoms with Gasteiger partial charge in [-0.15, -0.1) is 0 Å². The van der Waals surface area contributed by atoms with E-state index in [0.29, 0.717) is 29.8 Å². The first-order valence-electron chi connectivity index (χ1n) is 7.90. The molecule has 1 aromatic heterocycles. The lowest BCUT2D eigenvalue weighted by molar-refractivity contribution is -0.210. The van der Waals surface area contributed by atoms with Crippen molar-refractivity contribution >= 4 is 29.3 Å². The molecule has 1 saturated heterocycles. The molecule has 0 amide bonds. The Morgan fingerprint density at radius 3 is 2.76 bits per heavy atom. The summed E-state index contributed by atoms with van der Waals surface area (Å²) >= 11 is 12.2. The highest BCUT2D eigenvalue weighted by atomic mass is 35.5. The molecule has 0 saturated carbocycles. The molecule has 2 heterocycles. The van der Waals surface area contributed by atoms with Gasteiger partial charge in [-0.25, -0.2) is 4.98 Å². The smallest absolute Gasteiger partial charge is 0.146 e. The Hall–Kier alpha value is -1.37. The van der Waals surface area contributed by atoms with Gasteiger partial charge in [0.1, 0.15) is 12.4 Å². The molecule has 0 bridgehead atoms. The number of imidazole rings is 1. The zero-order valence-electron chi connectivity index (χ0n) is 13.9. The number of aliphatic hydroxyl groups is 1. The second-order valence-electron chi connectivity index (χ2n) is 6.53. The summed E-state index contributed by atoms with van der Waals surface area (Å²) in [6.07, 6.45) is 8.70. The highest BCUT2D eigenvalue weighted by Gasteiger charge is 2.47. The zero-order chi connectivity index (χ0) is 17.9. The van der Waals surface area contributed by atoms with Crippen LogP contribution in [-0.4, -0.2) is 40.3 Å². The lowest BCUT2D eigenvalue weighted by Gasteiger charge is -2.45. The van der Waals surface area contributed by atoms with Gasteiger partial charge in [0.2, 0.25) is 0 Å². The van der Waals surface area contributed by atoms with Gasteiger partial charge in [0, 0.05) is 27.9 Å². The van der Waals surface area contributed by atoms with E-state index in [1.807, 2.05) is 23.8 Å². The summed E-state index contributed by atoms with van der Waals surface area (Å²) in [4.78, 5) is 4.05. The van der Waals surface area contributed by atoms with E-state index in [2.05, 4.69) is 4.98 Å². The maximum Gasteiger partial charge on any atom is 0.146 e. The highest BCUT2D eigenvalue weighted by molar-refractivity contribution is 6.35. The molecule has 0 radical (unpaired) electrons. The maximum absolute atomic E-state index is 11.5. The van der Waals surface area contributed by atoms with E-state index in [-0.39, 0.29) is 6.79 Å². The third kappa shape index (κ3) is 4.07. The predicted octanol–water partition coefficient (Wildman–Crippen LogP) is 3.65. The number of rotatable bonds is 5. The molecule has 2 aromatic rings. The Labute approximate surface area is 156 Å². The van der Waals surface area contributed by atoms with Crippen LogP contribution in [0.5, 0.6) is 0 Å². The van der Waals surface area contributed by atoms with Gasteiger partial charge in [-0.2, -0.15) is 0 Å². The third-order valence-corrected chi connectivity index (χ3v) is 5.10. The minimum Gasteiger partial charge on any atom is -0.383 e. The summed E-state index contributed by atoms with van der Waals surface area (Å²) in [6, 6.07) is 5.25. The van der Waals surface area contributed by atoms with Gasteiger partial charge in [0.15, 0.2) is 0 Å². The molecule has 1 aromatic carbocycles. The zero-order valence-corrected chi connectivity index (χ0v) is 15.4. The van der Waals surface area contributed by atoms with Crippen molar-refractivity contribution in [3.63, 3.8) is 0 Å². The number of ether oxygens (including phenoxy) is 2. The molecule has 1 atom stereocenters. The lowest BCUT2D eigenvalue weighted by atomic mass is 9.73. The van der Waals surface area contributed by atoms with Gasteiger partial charge < -0.3 is 19.1 Å². The SMILES string of the molecule is CC1(C(O)(C=Cc2ccc(Cl)cc2Cl)Cn2ccnc2)COCOC1. The van der Waals surface area contributed by atoms with Crippen LogP contribution in [0.3, 0.4) is 0 Å². The number of hydrogen-bond donors (Lipinski definition) is 1. The van der Waals surface area contributed by atoms with E-state index in [1.54, 1.807) is 36.8 Å². The average Bonchev–Trinajstić information content (AvgIpc) is 3.07. The quantitative estimate of drug-likeness (QED) is 0.857. The molecule has 3 rings (SSSR count). The van der Waals surface area contributed by atoms with Crippen LogP contribution in [0.15, 0.2) is 43.0 Å². The molecule has 134 valence electrons. The summed E-state index contributed by atoms with van der Waals surface area (Å²) < 4.78 is 12.7. The number of aromatic nitrogens is 2. The third-order valence-electron chi connectivity index (χ3n) is 4.54. The van der Waals surface area contributed by atoms with Gasteiger partial charge in [-0.1, -0.05) is 42.3 Å². The normalized spacial score (nSPS) is 19.8. The summed E-state index contributed by atoms with van der Waals surface area (Å²) in [5.41, 5.74) is -1.07. The molecule has 1 aliphatic heterocycles. The van der Waals surface area contributed by atoms with Gasteiger partial charge in [0.05, 0.1) is 26.1 Å². The van der Waals surface area contributed by atoms with Crippen LogP contribution in [-0.2, 0) is 16.0 Å². The first-order valence-corrected chi connectivity index (χ1v) is 8.65. The summed E-state index contributed by atoms with van der Waals surface area (Å²) in [5.74, 6) is 0. The molecule has 1 unspecified atom stereocenters. The van der Waals surface area contributed by atoms with E-state index in [4.69, 9.17) is 32.7 Å². The van der Waals surface area contributed by atoms with Gasteiger partial charge in [-0.05, 0) is 23.8 Å². The van der Waals surface area contributed by atoms with Crippen LogP contribution in [0.2, 0.25) is 10.0 Å². The monoisotopic (exact) mass is 382 g/mol. The fourth-order valence-corrected chi connectivity index (χ4v) is 3.32. The minimum absolute atomic E-state index is 0.240. The number of hydrogen-bond acceptors (Lipinski definition) is 4. The van der Waals surface area contributed by atoms with Crippen molar-refractivity contribution in [3.8, 4) is 0 Å². The van der Waals surface area contributed by atoms with Gasteiger partial charge in [-0.3, -0.25) is 0 Å². The van der Waals surface area contributed by atoms with E-state index in [1.165, 1.54) is 0 Å². The molecule has 1 fully saturated rings. The molecular formula is C18H20Cl2N2O3. The van der Waals surface area contributed by atoms with E-state index in [9.17, 15) is 5.11 Å². The van der Waals surface area contributed by atoms with E-state index < -0.39 is 11.0 Å². The molecule has 1 aliphatic rings. The Balaban J connectivity index is 1.94. The number of halogens is 2. The summed E-state index contributed by atoms with van der Waals surface area (Å²) in [5, 5.41) is 12.6. The Kier molecular flexibility index (Phi) is 5.51.